The zero-order valence-electron chi connectivity index (χ0n) is 12.4. The lowest BCUT2D eigenvalue weighted by Crippen LogP contribution is -2.17. The summed E-state index contributed by atoms with van der Waals surface area (Å²) in [5.74, 6) is 0. The molecule has 1 aromatic carbocycles. The van der Waals surface area contributed by atoms with Gasteiger partial charge in [0, 0.05) is 6.54 Å². The van der Waals surface area contributed by atoms with Crippen LogP contribution < -0.4 is 0 Å². The fourth-order valence-electron chi connectivity index (χ4n) is 1.01. The van der Waals surface area contributed by atoms with Gasteiger partial charge in [-0.3, -0.25) is 0 Å². The molecule has 0 saturated carbocycles. The van der Waals surface area contributed by atoms with Crippen LogP contribution in [0.1, 0.15) is 33.3 Å². The zero-order chi connectivity index (χ0) is 13.5. The van der Waals surface area contributed by atoms with Gasteiger partial charge in [0.05, 0.1) is 13.2 Å². The quantitative estimate of drug-likeness (QED) is 0.724. The molecule has 0 amide bonds. The SMILES string of the molecule is CC.CC.CN(C)CCOCc1ccccc1. The van der Waals surface area contributed by atoms with Crippen LogP contribution in [0.4, 0.5) is 0 Å². The lowest BCUT2D eigenvalue weighted by molar-refractivity contribution is 0.105. The predicted molar refractivity (Wildman–Crippen MR) is 77.3 cm³/mol. The topological polar surface area (TPSA) is 12.5 Å². The summed E-state index contributed by atoms with van der Waals surface area (Å²) in [5.41, 5.74) is 1.24. The van der Waals surface area contributed by atoms with E-state index in [1.807, 2.05) is 60.0 Å². The van der Waals surface area contributed by atoms with Crippen LogP contribution in [0.5, 0.6) is 0 Å². The highest BCUT2D eigenvalue weighted by Gasteiger charge is 1.92. The third-order valence-corrected chi connectivity index (χ3v) is 1.79. The van der Waals surface area contributed by atoms with Crippen molar-refractivity contribution in [1.29, 1.82) is 0 Å². The first kappa shape index (κ1) is 18.5. The van der Waals surface area contributed by atoms with Gasteiger partial charge in [0.25, 0.3) is 0 Å². The molecule has 2 heteroatoms. The second-order valence-electron chi connectivity index (χ2n) is 3.34. The molecule has 0 N–H and O–H groups in total. The Morgan fingerprint density at radius 1 is 0.941 bits per heavy atom. The van der Waals surface area contributed by atoms with Gasteiger partial charge in [0.1, 0.15) is 0 Å². The van der Waals surface area contributed by atoms with Crippen molar-refractivity contribution in [3.8, 4) is 0 Å². The summed E-state index contributed by atoms with van der Waals surface area (Å²) in [6, 6.07) is 10.2. The number of likely N-dealkylation sites (N-methyl/N-ethyl adjacent to an activating group) is 1. The Hall–Kier alpha value is -0.860. The molecule has 0 aliphatic carbocycles. The van der Waals surface area contributed by atoms with Crippen molar-refractivity contribution in [3.05, 3.63) is 35.9 Å². The van der Waals surface area contributed by atoms with Crippen LogP contribution in [0.2, 0.25) is 0 Å². The van der Waals surface area contributed by atoms with Crippen LogP contribution in [0, 0.1) is 0 Å². The fraction of sp³-hybridized carbons (Fsp3) is 0.600. The molecule has 1 aromatic rings. The van der Waals surface area contributed by atoms with E-state index in [0.29, 0.717) is 6.61 Å². The van der Waals surface area contributed by atoms with Crippen molar-refractivity contribution in [1.82, 2.24) is 4.90 Å². The first-order chi connectivity index (χ1) is 8.29. The molecular weight excluding hydrogens is 210 g/mol. The van der Waals surface area contributed by atoms with Gasteiger partial charge in [-0.05, 0) is 19.7 Å². The normalized spacial score (nSPS) is 8.88. The van der Waals surface area contributed by atoms with Gasteiger partial charge < -0.3 is 9.64 Å². The number of hydrogen-bond donors (Lipinski definition) is 0. The molecule has 0 atom stereocenters. The summed E-state index contributed by atoms with van der Waals surface area (Å²) in [6.07, 6.45) is 0. The Kier molecular flexibility index (Phi) is 16.5. The summed E-state index contributed by atoms with van der Waals surface area (Å²) in [7, 11) is 4.09. The van der Waals surface area contributed by atoms with E-state index in [1.54, 1.807) is 0 Å². The van der Waals surface area contributed by atoms with E-state index in [4.69, 9.17) is 4.74 Å². The lowest BCUT2D eigenvalue weighted by atomic mass is 10.2. The molecule has 0 aromatic heterocycles. The highest BCUT2D eigenvalue weighted by atomic mass is 16.5. The Labute approximate surface area is 108 Å². The molecule has 0 radical (unpaired) electrons. The summed E-state index contributed by atoms with van der Waals surface area (Å²) in [5, 5.41) is 0. The van der Waals surface area contributed by atoms with E-state index in [1.165, 1.54) is 5.56 Å². The zero-order valence-corrected chi connectivity index (χ0v) is 12.4. The number of ether oxygens (including phenoxy) is 1. The standard InChI is InChI=1S/C11H17NO.2C2H6/c1-12(2)8-9-13-10-11-6-4-3-5-7-11;2*1-2/h3-7H,8-10H2,1-2H3;2*1-2H3. The highest BCUT2D eigenvalue weighted by molar-refractivity contribution is 5.13. The van der Waals surface area contributed by atoms with Crippen LogP contribution in [-0.2, 0) is 11.3 Å². The molecule has 1 rings (SSSR count). The summed E-state index contributed by atoms with van der Waals surface area (Å²) in [4.78, 5) is 2.12. The van der Waals surface area contributed by atoms with Crippen molar-refractivity contribution >= 4 is 0 Å². The Morgan fingerprint density at radius 2 is 1.47 bits per heavy atom. The summed E-state index contributed by atoms with van der Waals surface area (Å²) < 4.78 is 5.49. The molecule has 17 heavy (non-hydrogen) atoms. The second-order valence-corrected chi connectivity index (χ2v) is 3.34. The Balaban J connectivity index is 0. The summed E-state index contributed by atoms with van der Waals surface area (Å²) >= 11 is 0. The lowest BCUT2D eigenvalue weighted by Gasteiger charge is -2.09. The fourth-order valence-corrected chi connectivity index (χ4v) is 1.01. The minimum atomic E-state index is 0.717. The monoisotopic (exact) mass is 239 g/mol. The van der Waals surface area contributed by atoms with Crippen LogP contribution in [-0.4, -0.2) is 32.1 Å². The van der Waals surface area contributed by atoms with Crippen LogP contribution in [0.15, 0.2) is 30.3 Å². The average Bonchev–Trinajstić information content (AvgIpc) is 2.40. The van der Waals surface area contributed by atoms with Crippen LogP contribution >= 0.6 is 0 Å². The number of hydrogen-bond acceptors (Lipinski definition) is 2. The van der Waals surface area contributed by atoms with Gasteiger partial charge in [-0.25, -0.2) is 0 Å². The van der Waals surface area contributed by atoms with Gasteiger partial charge in [0.15, 0.2) is 0 Å². The smallest absolute Gasteiger partial charge is 0.0717 e. The molecule has 0 heterocycles. The van der Waals surface area contributed by atoms with Gasteiger partial charge in [-0.1, -0.05) is 58.0 Å². The van der Waals surface area contributed by atoms with E-state index in [0.717, 1.165) is 13.2 Å². The van der Waals surface area contributed by atoms with Crippen molar-refractivity contribution < 1.29 is 4.74 Å². The molecule has 0 unspecified atom stereocenters. The molecule has 0 aliphatic rings. The maximum Gasteiger partial charge on any atom is 0.0717 e. The third-order valence-electron chi connectivity index (χ3n) is 1.79. The minimum Gasteiger partial charge on any atom is -0.375 e. The summed E-state index contributed by atoms with van der Waals surface area (Å²) in [6.45, 7) is 10.5. The number of benzene rings is 1. The van der Waals surface area contributed by atoms with Gasteiger partial charge in [-0.15, -0.1) is 0 Å². The first-order valence-electron chi connectivity index (χ1n) is 6.55. The minimum absolute atomic E-state index is 0.717. The molecule has 0 aliphatic heterocycles. The number of nitrogens with zero attached hydrogens (tertiary/aromatic N) is 1. The van der Waals surface area contributed by atoms with E-state index < -0.39 is 0 Å². The van der Waals surface area contributed by atoms with Crippen molar-refractivity contribution in [2.75, 3.05) is 27.2 Å². The number of rotatable bonds is 5. The molecule has 0 spiro atoms. The van der Waals surface area contributed by atoms with E-state index >= 15 is 0 Å². The predicted octanol–water partition coefficient (Wildman–Crippen LogP) is 3.82. The molecule has 100 valence electrons. The van der Waals surface area contributed by atoms with Crippen molar-refractivity contribution in [2.24, 2.45) is 0 Å². The van der Waals surface area contributed by atoms with E-state index in [-0.39, 0.29) is 0 Å². The average molecular weight is 239 g/mol. The maximum absolute atomic E-state index is 5.49. The molecular formula is C15H29NO. The Bertz CT molecular complexity index is 222. The molecule has 0 saturated heterocycles. The second kappa shape index (κ2) is 15.1. The third kappa shape index (κ3) is 13.1. The Morgan fingerprint density at radius 3 is 1.94 bits per heavy atom. The largest absolute Gasteiger partial charge is 0.375 e. The molecule has 0 fully saturated rings. The van der Waals surface area contributed by atoms with Crippen LogP contribution in [0.3, 0.4) is 0 Å². The van der Waals surface area contributed by atoms with Crippen LogP contribution in [0.25, 0.3) is 0 Å². The van der Waals surface area contributed by atoms with Gasteiger partial charge >= 0.3 is 0 Å². The molecule has 0 bridgehead atoms. The first-order valence-corrected chi connectivity index (χ1v) is 6.55. The highest BCUT2D eigenvalue weighted by Crippen LogP contribution is 1.99. The van der Waals surface area contributed by atoms with Gasteiger partial charge in [0.2, 0.25) is 0 Å². The van der Waals surface area contributed by atoms with Gasteiger partial charge in [-0.2, -0.15) is 0 Å². The van der Waals surface area contributed by atoms with E-state index in [2.05, 4.69) is 17.0 Å². The van der Waals surface area contributed by atoms with E-state index in [9.17, 15) is 0 Å². The molecule has 2 nitrogen and oxygen atoms in total. The van der Waals surface area contributed by atoms with Crippen molar-refractivity contribution in [2.45, 2.75) is 34.3 Å². The van der Waals surface area contributed by atoms with Crippen molar-refractivity contribution in [3.63, 3.8) is 0 Å². The maximum atomic E-state index is 5.49.